The average molecular weight is 344 g/mol. The summed E-state index contributed by atoms with van der Waals surface area (Å²) in [6.07, 6.45) is -0.499. The van der Waals surface area contributed by atoms with Crippen molar-refractivity contribution >= 4 is 49.2 Å². The standard InChI is InChI=1S/C8H8Br2O3S/c9-4-3-14-8(7(4)10)5(11)1-2-6(12)13/h3,5,11H,1-2H2,(H,12,13). The van der Waals surface area contributed by atoms with Crippen molar-refractivity contribution in [1.82, 2.24) is 0 Å². The second-order valence-corrected chi connectivity index (χ2v) is 5.27. The Bertz CT molecular complexity index is 337. The molecule has 2 N–H and O–H groups in total. The fourth-order valence-electron chi connectivity index (χ4n) is 0.952. The Morgan fingerprint density at radius 2 is 2.21 bits per heavy atom. The van der Waals surface area contributed by atoms with Crippen LogP contribution in [0.3, 0.4) is 0 Å². The van der Waals surface area contributed by atoms with Gasteiger partial charge in [0.25, 0.3) is 0 Å². The number of carboxylic acids is 1. The largest absolute Gasteiger partial charge is 0.481 e. The summed E-state index contributed by atoms with van der Waals surface area (Å²) in [6.45, 7) is 0. The monoisotopic (exact) mass is 342 g/mol. The zero-order valence-electron chi connectivity index (χ0n) is 7.04. The molecule has 6 heteroatoms. The summed E-state index contributed by atoms with van der Waals surface area (Å²) in [7, 11) is 0. The molecule has 1 aromatic rings. The third-order valence-corrected chi connectivity index (χ3v) is 5.31. The molecule has 1 rings (SSSR count). The van der Waals surface area contributed by atoms with Gasteiger partial charge in [0.1, 0.15) is 0 Å². The first kappa shape index (κ1) is 12.2. The first-order valence-corrected chi connectivity index (χ1v) is 6.31. The van der Waals surface area contributed by atoms with Crippen LogP contribution in [0.1, 0.15) is 23.8 Å². The number of carboxylic acid groups (broad SMARTS) is 1. The van der Waals surface area contributed by atoms with Crippen molar-refractivity contribution < 1.29 is 15.0 Å². The fraction of sp³-hybridized carbons (Fsp3) is 0.375. The number of halogens is 2. The van der Waals surface area contributed by atoms with Gasteiger partial charge in [0.15, 0.2) is 0 Å². The summed E-state index contributed by atoms with van der Waals surface area (Å²) in [5.41, 5.74) is 0. The summed E-state index contributed by atoms with van der Waals surface area (Å²) < 4.78 is 1.69. The normalized spacial score (nSPS) is 12.8. The maximum atomic E-state index is 10.3. The van der Waals surface area contributed by atoms with E-state index >= 15 is 0 Å². The molecule has 3 nitrogen and oxygen atoms in total. The van der Waals surface area contributed by atoms with E-state index in [1.165, 1.54) is 11.3 Å². The van der Waals surface area contributed by atoms with E-state index in [0.29, 0.717) is 0 Å². The number of aliphatic hydroxyl groups excluding tert-OH is 1. The summed E-state index contributed by atoms with van der Waals surface area (Å²) in [6, 6.07) is 0. The van der Waals surface area contributed by atoms with Crippen molar-refractivity contribution in [3.63, 3.8) is 0 Å². The lowest BCUT2D eigenvalue weighted by Crippen LogP contribution is -2.01. The molecule has 0 amide bonds. The SMILES string of the molecule is O=C(O)CCC(O)c1scc(Br)c1Br. The highest BCUT2D eigenvalue weighted by Gasteiger charge is 2.16. The van der Waals surface area contributed by atoms with Crippen LogP contribution in [0, 0.1) is 0 Å². The number of rotatable bonds is 4. The molecular weight excluding hydrogens is 336 g/mol. The van der Waals surface area contributed by atoms with Crippen LogP contribution in [0.2, 0.25) is 0 Å². The van der Waals surface area contributed by atoms with Gasteiger partial charge < -0.3 is 10.2 Å². The lowest BCUT2D eigenvalue weighted by Gasteiger charge is -2.07. The molecule has 0 bridgehead atoms. The molecule has 0 saturated heterocycles. The van der Waals surface area contributed by atoms with E-state index in [9.17, 15) is 9.90 Å². The van der Waals surface area contributed by atoms with Crippen molar-refractivity contribution in [1.29, 1.82) is 0 Å². The second-order valence-electron chi connectivity index (χ2n) is 2.71. The molecule has 14 heavy (non-hydrogen) atoms. The lowest BCUT2D eigenvalue weighted by molar-refractivity contribution is -0.137. The van der Waals surface area contributed by atoms with Crippen molar-refractivity contribution in [2.75, 3.05) is 0 Å². The zero-order chi connectivity index (χ0) is 10.7. The number of aliphatic hydroxyl groups is 1. The molecule has 1 unspecified atom stereocenters. The van der Waals surface area contributed by atoms with E-state index < -0.39 is 12.1 Å². The van der Waals surface area contributed by atoms with Gasteiger partial charge in [-0.3, -0.25) is 4.79 Å². The van der Waals surface area contributed by atoms with Gasteiger partial charge in [-0.25, -0.2) is 0 Å². The van der Waals surface area contributed by atoms with Crippen LogP contribution in [0.4, 0.5) is 0 Å². The van der Waals surface area contributed by atoms with Crippen molar-refractivity contribution in [3.05, 3.63) is 19.2 Å². The number of hydrogen-bond donors (Lipinski definition) is 2. The summed E-state index contributed by atoms with van der Waals surface area (Å²) in [5, 5.41) is 20.0. The van der Waals surface area contributed by atoms with Crippen LogP contribution in [-0.2, 0) is 4.79 Å². The number of aliphatic carboxylic acids is 1. The highest BCUT2D eigenvalue weighted by Crippen LogP contribution is 2.37. The Labute approximate surface area is 102 Å². The van der Waals surface area contributed by atoms with Gasteiger partial charge in [-0.05, 0) is 38.3 Å². The van der Waals surface area contributed by atoms with E-state index in [4.69, 9.17) is 5.11 Å². The minimum absolute atomic E-state index is 0.0247. The molecule has 78 valence electrons. The third-order valence-electron chi connectivity index (χ3n) is 1.65. The molecule has 0 spiro atoms. The Morgan fingerprint density at radius 1 is 1.57 bits per heavy atom. The van der Waals surface area contributed by atoms with Gasteiger partial charge in [0.2, 0.25) is 0 Å². The Balaban J connectivity index is 2.65. The van der Waals surface area contributed by atoms with Crippen molar-refractivity contribution in [2.24, 2.45) is 0 Å². The van der Waals surface area contributed by atoms with Crippen LogP contribution in [0.25, 0.3) is 0 Å². The average Bonchev–Trinajstić information content (AvgIpc) is 2.44. The highest BCUT2D eigenvalue weighted by molar-refractivity contribution is 9.13. The van der Waals surface area contributed by atoms with Gasteiger partial charge >= 0.3 is 5.97 Å². The summed E-state index contributed by atoms with van der Waals surface area (Å²) in [5.74, 6) is -0.893. The zero-order valence-corrected chi connectivity index (χ0v) is 11.0. The summed E-state index contributed by atoms with van der Waals surface area (Å²) >= 11 is 8.01. The Morgan fingerprint density at radius 3 is 2.64 bits per heavy atom. The van der Waals surface area contributed by atoms with Gasteiger partial charge in [-0.2, -0.15) is 0 Å². The molecule has 0 aliphatic heterocycles. The quantitative estimate of drug-likeness (QED) is 0.882. The molecular formula is C8H8Br2O3S. The molecule has 0 aromatic carbocycles. The number of hydrogen-bond acceptors (Lipinski definition) is 3. The summed E-state index contributed by atoms with van der Waals surface area (Å²) in [4.78, 5) is 11.1. The first-order valence-electron chi connectivity index (χ1n) is 3.84. The van der Waals surface area contributed by atoms with Crippen molar-refractivity contribution in [2.45, 2.75) is 18.9 Å². The van der Waals surface area contributed by atoms with Gasteiger partial charge in [0.05, 0.1) is 6.10 Å². The molecule has 1 heterocycles. The van der Waals surface area contributed by atoms with Crippen LogP contribution in [-0.4, -0.2) is 16.2 Å². The van der Waals surface area contributed by atoms with Crippen LogP contribution in [0.5, 0.6) is 0 Å². The molecule has 0 aliphatic rings. The first-order chi connectivity index (χ1) is 6.52. The van der Waals surface area contributed by atoms with Gasteiger partial charge in [-0.15, -0.1) is 11.3 Å². The van der Waals surface area contributed by atoms with Crippen molar-refractivity contribution in [3.8, 4) is 0 Å². The Hall–Kier alpha value is 0.0900. The van der Waals surface area contributed by atoms with Crippen LogP contribution >= 0.6 is 43.2 Å². The molecule has 0 fully saturated rings. The minimum Gasteiger partial charge on any atom is -0.481 e. The lowest BCUT2D eigenvalue weighted by atomic mass is 10.2. The van der Waals surface area contributed by atoms with E-state index in [2.05, 4.69) is 31.9 Å². The van der Waals surface area contributed by atoms with Crippen LogP contribution in [0.15, 0.2) is 14.3 Å². The van der Waals surface area contributed by atoms with E-state index in [-0.39, 0.29) is 12.8 Å². The smallest absolute Gasteiger partial charge is 0.303 e. The maximum Gasteiger partial charge on any atom is 0.303 e. The number of carbonyl (C=O) groups is 1. The molecule has 0 saturated carbocycles. The third kappa shape index (κ3) is 3.05. The predicted octanol–water partition coefficient (Wildman–Crippen LogP) is 3.17. The molecule has 1 aromatic heterocycles. The van der Waals surface area contributed by atoms with E-state index in [0.717, 1.165) is 13.8 Å². The minimum atomic E-state index is -0.893. The number of thiophene rings is 1. The molecule has 0 aliphatic carbocycles. The van der Waals surface area contributed by atoms with E-state index in [1.54, 1.807) is 0 Å². The second kappa shape index (κ2) is 5.25. The topological polar surface area (TPSA) is 57.5 Å². The molecule has 1 atom stereocenters. The van der Waals surface area contributed by atoms with Gasteiger partial charge in [-0.1, -0.05) is 0 Å². The molecule has 0 radical (unpaired) electrons. The van der Waals surface area contributed by atoms with Crippen LogP contribution < -0.4 is 0 Å². The fourth-order valence-corrected chi connectivity index (χ4v) is 3.22. The van der Waals surface area contributed by atoms with E-state index in [1.807, 2.05) is 5.38 Å². The maximum absolute atomic E-state index is 10.3. The Kier molecular flexibility index (Phi) is 4.56. The predicted molar refractivity (Wildman–Crippen MR) is 61.5 cm³/mol. The highest BCUT2D eigenvalue weighted by atomic mass is 79.9. The van der Waals surface area contributed by atoms with Gasteiger partial charge in [0, 0.05) is 25.6 Å².